The van der Waals surface area contributed by atoms with Crippen molar-refractivity contribution in [3.8, 4) is 11.3 Å². The molecule has 0 aliphatic rings. The number of hydrogen-bond donors (Lipinski definition) is 3. The molecule has 3 N–H and O–H groups in total. The fraction of sp³-hybridized carbons (Fsp3) is 0.261. The predicted molar refractivity (Wildman–Crippen MR) is 137 cm³/mol. The lowest BCUT2D eigenvalue weighted by Gasteiger charge is -2.22. The fourth-order valence-corrected chi connectivity index (χ4v) is 6.54. The molecule has 0 radical (unpaired) electrons. The first-order valence-electron chi connectivity index (χ1n) is 11.2. The zero-order valence-corrected chi connectivity index (χ0v) is 23.1. The number of amides is 1. The third kappa shape index (κ3) is 6.48. The Bertz CT molecular complexity index is 1730. The van der Waals surface area contributed by atoms with Crippen LogP contribution in [0, 0.1) is 0 Å². The molecule has 0 unspecified atom stereocenters. The maximum absolute atomic E-state index is 13.9. The monoisotopic (exact) mass is 641 g/mol. The molecule has 0 saturated carbocycles. The van der Waals surface area contributed by atoms with E-state index in [1.807, 2.05) is 0 Å². The number of nitrogens with zero attached hydrogens (tertiary/aromatic N) is 3. The molecule has 4 rings (SSSR count). The summed E-state index contributed by atoms with van der Waals surface area (Å²) in [5.74, 6) is -1.04. The third-order valence-electron chi connectivity index (χ3n) is 5.50. The van der Waals surface area contributed by atoms with Gasteiger partial charge < -0.3 is 10.4 Å². The van der Waals surface area contributed by atoms with E-state index in [4.69, 9.17) is 11.6 Å². The second-order valence-corrected chi connectivity index (χ2v) is 12.8. The average Bonchev–Trinajstić information content (AvgIpc) is 3.45. The summed E-state index contributed by atoms with van der Waals surface area (Å²) in [5, 5.41) is 15.3. The Kier molecular flexibility index (Phi) is 7.89. The summed E-state index contributed by atoms with van der Waals surface area (Å²) < 4.78 is 108. The molecule has 220 valence electrons. The quantitative estimate of drug-likeness (QED) is 0.231. The fourth-order valence-electron chi connectivity index (χ4n) is 3.50. The summed E-state index contributed by atoms with van der Waals surface area (Å²) in [6.45, 7) is 2.33. The Balaban J connectivity index is 1.73. The molecule has 0 aliphatic heterocycles. The van der Waals surface area contributed by atoms with Crippen LogP contribution in [0.2, 0.25) is 4.34 Å². The summed E-state index contributed by atoms with van der Waals surface area (Å²) in [4.78, 5) is 17.1. The van der Waals surface area contributed by atoms with Crippen molar-refractivity contribution in [3.05, 3.63) is 63.8 Å². The Hall–Kier alpha value is -3.25. The highest BCUT2D eigenvalue weighted by Crippen LogP contribution is 2.37. The number of anilines is 1. The van der Waals surface area contributed by atoms with E-state index in [1.165, 1.54) is 13.8 Å². The number of carbonyl (C=O) groups is 1. The van der Waals surface area contributed by atoms with Gasteiger partial charge in [0, 0.05) is 5.56 Å². The highest BCUT2D eigenvalue weighted by atomic mass is 35.5. The lowest BCUT2D eigenvalue weighted by Crippen LogP contribution is -2.45. The molecule has 3 aromatic heterocycles. The minimum Gasteiger partial charge on any atom is -0.394 e. The van der Waals surface area contributed by atoms with E-state index in [1.54, 1.807) is 0 Å². The molecule has 3 heterocycles. The van der Waals surface area contributed by atoms with E-state index in [0.29, 0.717) is 34.1 Å². The maximum atomic E-state index is 13.9. The maximum Gasteiger partial charge on any atom is 0.433 e. The van der Waals surface area contributed by atoms with E-state index in [9.17, 15) is 44.7 Å². The second-order valence-electron chi connectivity index (χ2n) is 9.25. The van der Waals surface area contributed by atoms with Gasteiger partial charge in [-0.05, 0) is 38.1 Å². The van der Waals surface area contributed by atoms with Gasteiger partial charge in [0.25, 0.3) is 15.9 Å². The SMILES string of the molecule is CC(C)(CO)NS(=O)(=O)c1cc(NC(=O)c2cnn3c(C(F)(F)F)cc(-c4ccc(C(F)(F)F)cc4)nc23)c(Cl)s1. The Morgan fingerprint density at radius 3 is 2.27 bits per heavy atom. The van der Waals surface area contributed by atoms with Gasteiger partial charge >= 0.3 is 12.4 Å². The number of benzene rings is 1. The second kappa shape index (κ2) is 10.5. The molecule has 9 nitrogen and oxygen atoms in total. The van der Waals surface area contributed by atoms with Crippen LogP contribution < -0.4 is 10.0 Å². The van der Waals surface area contributed by atoms with Gasteiger partial charge in [0.2, 0.25) is 0 Å². The van der Waals surface area contributed by atoms with Crippen LogP contribution >= 0.6 is 22.9 Å². The number of carbonyl (C=O) groups excluding carboxylic acids is 1. The highest BCUT2D eigenvalue weighted by molar-refractivity contribution is 7.91. The largest absolute Gasteiger partial charge is 0.433 e. The molecule has 41 heavy (non-hydrogen) atoms. The van der Waals surface area contributed by atoms with Crippen molar-refractivity contribution < 1.29 is 44.7 Å². The lowest BCUT2D eigenvalue weighted by atomic mass is 10.1. The first-order chi connectivity index (χ1) is 18.8. The van der Waals surface area contributed by atoms with Crippen LogP contribution in [-0.2, 0) is 22.4 Å². The van der Waals surface area contributed by atoms with Crippen LogP contribution in [0.5, 0.6) is 0 Å². The number of halogens is 7. The smallest absolute Gasteiger partial charge is 0.394 e. The van der Waals surface area contributed by atoms with Crippen LogP contribution in [-0.4, -0.2) is 46.2 Å². The van der Waals surface area contributed by atoms with Crippen LogP contribution in [0.15, 0.2) is 46.8 Å². The number of aromatic nitrogens is 3. The molecule has 0 saturated heterocycles. The van der Waals surface area contributed by atoms with Gasteiger partial charge in [0.05, 0.1) is 35.3 Å². The first-order valence-corrected chi connectivity index (χ1v) is 13.9. The summed E-state index contributed by atoms with van der Waals surface area (Å²) in [5.41, 5.74) is -5.28. The number of thiophene rings is 1. The molecule has 1 amide bonds. The van der Waals surface area contributed by atoms with E-state index >= 15 is 0 Å². The number of fused-ring (bicyclic) bond motifs is 1. The Morgan fingerprint density at radius 1 is 1.07 bits per heavy atom. The van der Waals surface area contributed by atoms with Crippen molar-refractivity contribution in [3.63, 3.8) is 0 Å². The van der Waals surface area contributed by atoms with Crippen LogP contribution in [0.1, 0.15) is 35.5 Å². The first kappa shape index (κ1) is 30.7. The summed E-state index contributed by atoms with van der Waals surface area (Å²) in [7, 11) is -4.18. The van der Waals surface area contributed by atoms with Crippen molar-refractivity contribution in [2.24, 2.45) is 0 Å². The van der Waals surface area contributed by atoms with Gasteiger partial charge in [-0.25, -0.2) is 22.6 Å². The number of alkyl halides is 6. The van der Waals surface area contributed by atoms with Crippen molar-refractivity contribution in [2.45, 2.75) is 35.9 Å². The molecule has 0 atom stereocenters. The molecule has 4 aromatic rings. The molecule has 0 fully saturated rings. The molecular weight excluding hydrogens is 624 g/mol. The summed E-state index contributed by atoms with van der Waals surface area (Å²) in [6, 6.07) is 4.85. The minimum absolute atomic E-state index is 0.0902. The molecule has 0 aliphatic carbocycles. The number of sulfonamides is 1. The number of rotatable bonds is 7. The van der Waals surface area contributed by atoms with E-state index < -0.39 is 62.9 Å². The molecule has 0 bridgehead atoms. The van der Waals surface area contributed by atoms with E-state index in [2.05, 4.69) is 20.1 Å². The van der Waals surface area contributed by atoms with Gasteiger partial charge in [-0.3, -0.25) is 4.79 Å². The highest BCUT2D eigenvalue weighted by Gasteiger charge is 2.36. The van der Waals surface area contributed by atoms with Gasteiger partial charge in [0.15, 0.2) is 11.3 Å². The molecular formula is C23H18ClF6N5O4S2. The lowest BCUT2D eigenvalue weighted by molar-refractivity contribution is -0.142. The minimum atomic E-state index is -4.99. The average molecular weight is 642 g/mol. The topological polar surface area (TPSA) is 126 Å². The zero-order chi connectivity index (χ0) is 30.5. The molecule has 1 aromatic carbocycles. The van der Waals surface area contributed by atoms with Crippen molar-refractivity contribution in [1.29, 1.82) is 0 Å². The standard InChI is InChI=1S/C23H18ClF6N5O4S2/c1-21(2,10-36)34-41(38,39)17-8-15(18(24)40-17)33-20(37)13-9-31-35-16(23(28,29)30)7-14(32-19(13)35)11-3-5-12(6-4-11)22(25,26)27/h3-9,34,36H,10H2,1-2H3,(H,33,37). The van der Waals surface area contributed by atoms with Crippen LogP contribution in [0.25, 0.3) is 16.9 Å². The molecule has 0 spiro atoms. The van der Waals surface area contributed by atoms with Crippen LogP contribution in [0.4, 0.5) is 32.0 Å². The summed E-state index contributed by atoms with van der Waals surface area (Å²) >= 11 is 6.69. The van der Waals surface area contributed by atoms with Gasteiger partial charge in [-0.1, -0.05) is 23.7 Å². The van der Waals surface area contributed by atoms with E-state index in [-0.39, 0.29) is 25.5 Å². The van der Waals surface area contributed by atoms with Crippen LogP contribution in [0.3, 0.4) is 0 Å². The van der Waals surface area contributed by atoms with Gasteiger partial charge in [0.1, 0.15) is 14.1 Å². The van der Waals surface area contributed by atoms with Gasteiger partial charge in [-0.2, -0.15) is 31.4 Å². The van der Waals surface area contributed by atoms with Crippen molar-refractivity contribution >= 4 is 50.2 Å². The molecule has 18 heteroatoms. The number of aliphatic hydroxyl groups is 1. The normalized spacial score (nSPS) is 13.1. The predicted octanol–water partition coefficient (Wildman–Crippen LogP) is 5.45. The number of nitrogens with one attached hydrogen (secondary N) is 2. The third-order valence-corrected chi connectivity index (χ3v) is 9.03. The Morgan fingerprint density at radius 2 is 1.71 bits per heavy atom. The van der Waals surface area contributed by atoms with E-state index in [0.717, 1.165) is 24.4 Å². The number of hydrogen-bond acceptors (Lipinski definition) is 7. The zero-order valence-electron chi connectivity index (χ0n) is 20.7. The van der Waals surface area contributed by atoms with Gasteiger partial charge in [-0.15, -0.1) is 11.3 Å². The number of aliphatic hydroxyl groups excluding tert-OH is 1. The summed E-state index contributed by atoms with van der Waals surface area (Å²) in [6.07, 6.45) is -8.86. The Labute approximate surface area is 236 Å². The van der Waals surface area contributed by atoms with Crippen molar-refractivity contribution in [2.75, 3.05) is 11.9 Å². The van der Waals surface area contributed by atoms with Crippen molar-refractivity contribution in [1.82, 2.24) is 19.3 Å².